The number of fused-ring (bicyclic) bond motifs is 1. The van der Waals surface area contributed by atoms with E-state index in [-0.39, 0.29) is 37.6 Å². The van der Waals surface area contributed by atoms with Crippen molar-refractivity contribution in [1.82, 2.24) is 20.1 Å². The summed E-state index contributed by atoms with van der Waals surface area (Å²) in [6.45, 7) is 10.9. The minimum atomic E-state index is -1.47. The Kier molecular flexibility index (Phi) is 9.61. The summed E-state index contributed by atoms with van der Waals surface area (Å²) < 4.78 is 12.2. The van der Waals surface area contributed by atoms with E-state index >= 15 is 0 Å². The Morgan fingerprint density at radius 3 is 2.44 bits per heavy atom. The van der Waals surface area contributed by atoms with Crippen molar-refractivity contribution >= 4 is 34.6 Å². The lowest BCUT2D eigenvalue weighted by Crippen LogP contribution is -2.54. The molecule has 3 amide bonds. The molecule has 1 aliphatic carbocycles. The lowest BCUT2D eigenvalue weighted by Gasteiger charge is -2.35. The van der Waals surface area contributed by atoms with Crippen molar-refractivity contribution in [1.29, 1.82) is 0 Å². The number of likely N-dealkylation sites (tertiary alicyclic amines) is 2. The topological polar surface area (TPSA) is 138 Å². The van der Waals surface area contributed by atoms with Gasteiger partial charge in [-0.3, -0.25) is 14.4 Å². The van der Waals surface area contributed by atoms with Crippen LogP contribution < -0.4 is 14.8 Å². The number of hydrogen-bond donors (Lipinski definition) is 2. The average Bonchev–Trinajstić information content (AvgIpc) is 3.39. The van der Waals surface area contributed by atoms with E-state index in [1.54, 1.807) is 12.0 Å². The first-order valence-electron chi connectivity index (χ1n) is 17.3. The third-order valence-corrected chi connectivity index (χ3v) is 10.4. The summed E-state index contributed by atoms with van der Waals surface area (Å²) in [5, 5.41) is 13.5. The van der Waals surface area contributed by atoms with Crippen molar-refractivity contribution in [2.45, 2.75) is 70.6 Å². The predicted molar refractivity (Wildman–Crippen MR) is 188 cm³/mol. The first-order valence-corrected chi connectivity index (χ1v) is 17.3. The summed E-state index contributed by atoms with van der Waals surface area (Å²) in [5.74, 6) is -2.07. The van der Waals surface area contributed by atoms with Gasteiger partial charge in [0.1, 0.15) is 29.2 Å². The third kappa shape index (κ3) is 6.90. The number of pyridine rings is 1. The average molecular weight is 683 g/mol. The molecule has 0 bridgehead atoms. The van der Waals surface area contributed by atoms with Crippen LogP contribution in [0.5, 0.6) is 11.5 Å². The van der Waals surface area contributed by atoms with Gasteiger partial charge in [0.15, 0.2) is 0 Å². The third-order valence-electron chi connectivity index (χ3n) is 10.4. The number of carboxylic acids is 1. The zero-order chi connectivity index (χ0) is 35.8. The van der Waals surface area contributed by atoms with Crippen LogP contribution in [0.25, 0.3) is 22.2 Å². The summed E-state index contributed by atoms with van der Waals surface area (Å²) >= 11 is 0. The zero-order valence-electron chi connectivity index (χ0n) is 29.2. The van der Waals surface area contributed by atoms with Crippen molar-refractivity contribution < 1.29 is 33.8 Å². The molecule has 3 heterocycles. The summed E-state index contributed by atoms with van der Waals surface area (Å²) in [5.41, 5.74) is 0.166. The Bertz CT molecular complexity index is 1800. The highest BCUT2D eigenvalue weighted by Gasteiger charge is 2.61. The van der Waals surface area contributed by atoms with Gasteiger partial charge in [-0.1, -0.05) is 57.2 Å². The minimum Gasteiger partial charge on any atom is -0.497 e. The molecule has 2 saturated heterocycles. The number of ether oxygens (including phenoxy) is 2. The number of carbonyl (C=O) groups excluding carboxylic acids is 3. The summed E-state index contributed by atoms with van der Waals surface area (Å²) in [7, 11) is 1.59. The van der Waals surface area contributed by atoms with Crippen LogP contribution in [-0.4, -0.2) is 88.0 Å². The number of nitrogens with one attached hydrogen (secondary N) is 1. The first kappa shape index (κ1) is 34.9. The fourth-order valence-corrected chi connectivity index (χ4v) is 7.27. The van der Waals surface area contributed by atoms with Crippen LogP contribution in [0.4, 0.5) is 0 Å². The molecule has 5 atom stereocenters. The van der Waals surface area contributed by atoms with Crippen LogP contribution in [0.15, 0.2) is 67.3 Å². The van der Waals surface area contributed by atoms with E-state index in [0.29, 0.717) is 35.8 Å². The van der Waals surface area contributed by atoms with E-state index in [1.165, 1.54) is 11.0 Å². The van der Waals surface area contributed by atoms with Gasteiger partial charge >= 0.3 is 5.97 Å². The molecule has 3 aromatic rings. The van der Waals surface area contributed by atoms with Crippen molar-refractivity contribution in [3.8, 4) is 22.8 Å². The van der Waals surface area contributed by atoms with E-state index in [0.717, 1.165) is 23.8 Å². The molecule has 50 heavy (non-hydrogen) atoms. The Morgan fingerprint density at radius 2 is 1.82 bits per heavy atom. The molecule has 2 unspecified atom stereocenters. The lowest BCUT2D eigenvalue weighted by molar-refractivity contribution is -0.149. The highest BCUT2D eigenvalue weighted by atomic mass is 16.5. The molecule has 1 saturated carbocycles. The minimum absolute atomic E-state index is 0.0214. The van der Waals surface area contributed by atoms with Crippen molar-refractivity contribution in [2.75, 3.05) is 26.7 Å². The second-order valence-electron chi connectivity index (χ2n) is 14.8. The van der Waals surface area contributed by atoms with E-state index in [9.17, 15) is 24.3 Å². The number of amides is 3. The molecule has 3 aliphatic rings. The second-order valence-corrected chi connectivity index (χ2v) is 14.8. The Hall–Kier alpha value is -4.93. The van der Waals surface area contributed by atoms with E-state index < -0.39 is 46.8 Å². The molecule has 264 valence electrons. The molecule has 2 N–H and O–H groups in total. The highest BCUT2D eigenvalue weighted by Crippen LogP contribution is 2.45. The fraction of sp³-hybridized carbons (Fsp3) is 0.462. The summed E-state index contributed by atoms with van der Waals surface area (Å²) in [4.78, 5) is 62.5. The number of aromatic nitrogens is 1. The van der Waals surface area contributed by atoms with Crippen LogP contribution in [0.2, 0.25) is 0 Å². The maximum absolute atomic E-state index is 14.6. The summed E-state index contributed by atoms with van der Waals surface area (Å²) in [6.07, 6.45) is 3.17. The van der Waals surface area contributed by atoms with E-state index in [1.807, 2.05) is 75.4 Å². The van der Waals surface area contributed by atoms with Gasteiger partial charge in [-0.2, -0.15) is 0 Å². The maximum Gasteiger partial charge on any atom is 0.330 e. The number of methoxy groups -OCH3 is 1. The number of aliphatic carboxylic acids is 1. The van der Waals surface area contributed by atoms with Crippen molar-refractivity contribution in [3.63, 3.8) is 0 Å². The standard InChI is InChI=1S/C39H46N4O7/c1-6-25-22-39(25,37(47)48)41-35(45)32-19-27(23-43(32)36(46)29(38(2,3)4)20-34(44)42-16-10-11-17-42)50-33-21-30(24-12-8-7-9-13-24)40-31-18-26(49-5)14-15-28(31)33/h6-9,12-15,18,21,25,27,29,32H,1,10-11,16-17,19-20,22-23H2,2-5H3,(H,41,45)(H,47,48)/t25?,27-,29-,32+,39?/m1/s1. The Balaban J connectivity index is 1.34. The lowest BCUT2D eigenvalue weighted by atomic mass is 9.77. The van der Waals surface area contributed by atoms with Gasteiger partial charge in [0.25, 0.3) is 0 Å². The highest BCUT2D eigenvalue weighted by molar-refractivity contribution is 5.96. The van der Waals surface area contributed by atoms with Gasteiger partial charge in [-0.05, 0) is 36.8 Å². The van der Waals surface area contributed by atoms with Crippen LogP contribution in [0, 0.1) is 17.3 Å². The smallest absolute Gasteiger partial charge is 0.330 e. The van der Waals surface area contributed by atoms with Crippen LogP contribution in [0.1, 0.15) is 52.9 Å². The van der Waals surface area contributed by atoms with Gasteiger partial charge in [0, 0.05) is 54.9 Å². The molecule has 0 radical (unpaired) electrons. The first-order chi connectivity index (χ1) is 23.8. The van der Waals surface area contributed by atoms with Gasteiger partial charge in [-0.15, -0.1) is 6.58 Å². The largest absolute Gasteiger partial charge is 0.497 e. The van der Waals surface area contributed by atoms with Crippen LogP contribution >= 0.6 is 0 Å². The molecule has 2 aromatic carbocycles. The number of benzene rings is 2. The van der Waals surface area contributed by atoms with Gasteiger partial charge in [0.05, 0.1) is 30.8 Å². The molecule has 2 aliphatic heterocycles. The van der Waals surface area contributed by atoms with E-state index in [4.69, 9.17) is 14.5 Å². The number of carboxylic acid groups (broad SMARTS) is 1. The predicted octanol–water partition coefficient (Wildman–Crippen LogP) is 5.08. The van der Waals surface area contributed by atoms with Crippen LogP contribution in [-0.2, 0) is 19.2 Å². The summed E-state index contributed by atoms with van der Waals surface area (Å²) in [6, 6.07) is 16.1. The number of nitrogens with zero attached hydrogens (tertiary/aromatic N) is 3. The Morgan fingerprint density at radius 1 is 1.10 bits per heavy atom. The molecule has 1 aromatic heterocycles. The molecular weight excluding hydrogens is 636 g/mol. The Labute approximate surface area is 292 Å². The molecule has 11 heteroatoms. The van der Waals surface area contributed by atoms with Gasteiger partial charge < -0.3 is 29.7 Å². The van der Waals surface area contributed by atoms with Crippen molar-refractivity contribution in [3.05, 3.63) is 67.3 Å². The SMILES string of the molecule is C=CC1CC1(NC(=O)[C@@H]1C[C@@H](Oc2cc(-c3ccccc3)nc3cc(OC)ccc23)CN1C(=O)[C@@H](CC(=O)N1CCCC1)C(C)(C)C)C(=O)O. The second kappa shape index (κ2) is 13.8. The quantitative estimate of drug-likeness (QED) is 0.267. The van der Waals surface area contributed by atoms with E-state index in [2.05, 4.69) is 11.9 Å². The van der Waals surface area contributed by atoms with Gasteiger partial charge in [-0.25, -0.2) is 9.78 Å². The molecule has 3 fully saturated rings. The molecule has 11 nitrogen and oxygen atoms in total. The zero-order valence-corrected chi connectivity index (χ0v) is 29.2. The van der Waals surface area contributed by atoms with Crippen molar-refractivity contribution in [2.24, 2.45) is 17.3 Å². The fourth-order valence-electron chi connectivity index (χ4n) is 7.27. The monoisotopic (exact) mass is 682 g/mol. The maximum atomic E-state index is 14.6. The number of carbonyl (C=O) groups is 4. The number of rotatable bonds is 11. The van der Waals surface area contributed by atoms with Crippen LogP contribution in [0.3, 0.4) is 0 Å². The molecule has 6 rings (SSSR count). The molecule has 0 spiro atoms. The number of hydrogen-bond acceptors (Lipinski definition) is 7. The van der Waals surface area contributed by atoms with Gasteiger partial charge in [0.2, 0.25) is 17.7 Å². The molecular formula is C39H46N4O7. The normalized spacial score (nSPS) is 23.7.